The van der Waals surface area contributed by atoms with Gasteiger partial charge in [0, 0.05) is 58.0 Å². The van der Waals surface area contributed by atoms with Crippen molar-refractivity contribution in [1.29, 1.82) is 10.5 Å². The zero-order chi connectivity index (χ0) is 46.7. The summed E-state index contributed by atoms with van der Waals surface area (Å²) in [5, 5.41) is 64.1. The van der Waals surface area contributed by atoms with Gasteiger partial charge < -0.3 is 55.7 Å². The number of rotatable bonds is 12. The molecule has 0 aliphatic carbocycles. The van der Waals surface area contributed by atoms with Gasteiger partial charge in [0.05, 0.1) is 62.5 Å². The number of hydrogen-bond donors (Lipinski definition) is 7. The van der Waals surface area contributed by atoms with Gasteiger partial charge in [0.15, 0.2) is 20.0 Å². The molecule has 2 aromatic carbocycles. The number of carbonyl (C=O) groups is 2. The molecule has 2 unspecified atom stereocenters. The van der Waals surface area contributed by atoms with Crippen molar-refractivity contribution >= 4 is 104 Å². The zero-order valence-corrected chi connectivity index (χ0v) is 39.7. The van der Waals surface area contributed by atoms with Gasteiger partial charge >= 0.3 is 14.2 Å². The first-order chi connectivity index (χ1) is 30.2. The van der Waals surface area contributed by atoms with Gasteiger partial charge in [0.1, 0.15) is 11.1 Å². The highest BCUT2D eigenvalue weighted by atomic mass is 35.5. The van der Waals surface area contributed by atoms with Crippen molar-refractivity contribution in [3.63, 3.8) is 0 Å². The summed E-state index contributed by atoms with van der Waals surface area (Å²) in [4.78, 5) is 24.1. The lowest BCUT2D eigenvalue weighted by Gasteiger charge is -2.36. The minimum atomic E-state index is -2.15. The number of anilines is 4. The number of primary amides is 2. The molecule has 2 amide bonds. The van der Waals surface area contributed by atoms with Crippen LogP contribution in [0.15, 0.2) is 36.7 Å². The third kappa shape index (κ3) is 11.7. The van der Waals surface area contributed by atoms with Crippen LogP contribution in [0.2, 0.25) is 28.2 Å². The minimum absolute atomic E-state index is 0. The molecule has 65 heavy (non-hydrogen) atoms. The summed E-state index contributed by atoms with van der Waals surface area (Å²) in [6.45, 7) is 12.5. The lowest BCUT2D eigenvalue weighted by molar-refractivity contribution is 0.0341. The maximum absolute atomic E-state index is 12.2. The van der Waals surface area contributed by atoms with Crippen LogP contribution in [-0.4, -0.2) is 95.4 Å². The highest BCUT2D eigenvalue weighted by molar-refractivity contribution is 6.74. The largest absolute Gasteiger partial charge is 0.493 e. The number of halogens is 3. The van der Waals surface area contributed by atoms with Crippen LogP contribution in [0, 0.1) is 34.5 Å². The zero-order valence-electron chi connectivity index (χ0n) is 36.4. The molecule has 346 valence electrons. The highest BCUT2D eigenvalue weighted by Gasteiger charge is 2.38. The van der Waals surface area contributed by atoms with E-state index in [0.717, 1.165) is 5.56 Å². The van der Waals surface area contributed by atoms with Crippen LogP contribution in [0.5, 0.6) is 0 Å². The molecule has 2 aromatic heterocycles. The number of nitrogens with one attached hydrogen (secondary N) is 2. The number of hydrogen-bond acceptors (Lipinski definition) is 15. The fraction of sp³-hybridized carbons (Fsp3) is 0.450. The van der Waals surface area contributed by atoms with Crippen molar-refractivity contribution in [2.24, 2.45) is 23.3 Å². The summed E-state index contributed by atoms with van der Waals surface area (Å²) < 4.78 is 25.5. The van der Waals surface area contributed by atoms with Gasteiger partial charge in [0.2, 0.25) is 0 Å². The number of amides is 2. The Morgan fingerprint density at radius 3 is 1.88 bits per heavy atom. The second kappa shape index (κ2) is 21.3. The molecule has 0 spiro atoms. The first-order valence-corrected chi connectivity index (χ1v) is 24.1. The van der Waals surface area contributed by atoms with Crippen LogP contribution < -0.4 is 33.0 Å². The summed E-state index contributed by atoms with van der Waals surface area (Å²) >= 11 is 12.7. The number of nitriles is 2. The summed E-state index contributed by atoms with van der Waals surface area (Å²) in [5.74, 6) is -1.48. The van der Waals surface area contributed by atoms with Crippen molar-refractivity contribution in [2.45, 2.75) is 77.0 Å². The second-order valence-corrected chi connectivity index (χ2v) is 22.8. The predicted molar refractivity (Wildman–Crippen MR) is 250 cm³/mol. The number of fused-ring (bicyclic) bond motifs is 1. The van der Waals surface area contributed by atoms with E-state index in [-0.39, 0.29) is 87.8 Å². The van der Waals surface area contributed by atoms with Crippen molar-refractivity contribution in [3.8, 4) is 12.1 Å². The maximum atomic E-state index is 12.2. The molecule has 2 saturated heterocycles. The molecular formula is C40H51B2Cl3N10O9Si. The number of aromatic nitrogens is 4. The number of nitrogens with two attached hydrogens (primary N) is 2. The van der Waals surface area contributed by atoms with E-state index >= 15 is 0 Å². The lowest BCUT2D eigenvalue weighted by atomic mass is 9.77. The van der Waals surface area contributed by atoms with Crippen molar-refractivity contribution in [3.05, 3.63) is 69.0 Å². The predicted octanol–water partition coefficient (Wildman–Crippen LogP) is 3.80. The van der Waals surface area contributed by atoms with E-state index in [2.05, 4.69) is 66.8 Å². The normalized spacial score (nSPS) is 19.4. The third-order valence-electron chi connectivity index (χ3n) is 11.9. The summed E-state index contributed by atoms with van der Waals surface area (Å²) in [6.07, 6.45) is 4.19. The molecule has 4 aromatic rings. The molecule has 7 rings (SSSR count). The number of carbonyl (C=O) groups excluding carboxylic acids is 2. The van der Waals surface area contributed by atoms with Crippen molar-refractivity contribution in [2.75, 3.05) is 37.1 Å². The topological polar surface area (TPSA) is 291 Å². The van der Waals surface area contributed by atoms with Crippen LogP contribution in [-0.2, 0) is 31.8 Å². The van der Waals surface area contributed by atoms with E-state index in [9.17, 15) is 35.2 Å². The van der Waals surface area contributed by atoms with Gasteiger partial charge in [0.25, 0.3) is 11.8 Å². The monoisotopic (exact) mass is 970 g/mol. The molecule has 3 aliphatic rings. The lowest BCUT2D eigenvalue weighted by Crippen LogP contribution is -2.42. The number of nitrogens with zero attached hydrogens (tertiary/aromatic N) is 6. The van der Waals surface area contributed by atoms with E-state index in [1.54, 1.807) is 22.9 Å². The van der Waals surface area contributed by atoms with E-state index < -0.39 is 34.4 Å². The molecule has 2 fully saturated rings. The molecule has 0 radical (unpaired) electrons. The van der Waals surface area contributed by atoms with Gasteiger partial charge in [-0.25, -0.2) is 0 Å². The first-order valence-electron chi connectivity index (χ1n) is 20.4. The van der Waals surface area contributed by atoms with Crippen LogP contribution in [0.4, 0.5) is 23.0 Å². The third-order valence-corrected chi connectivity index (χ3v) is 17.0. The Bertz CT molecular complexity index is 2480. The fourth-order valence-corrected chi connectivity index (χ4v) is 8.85. The molecule has 0 bridgehead atoms. The average Bonchev–Trinajstić information content (AvgIpc) is 3.96. The summed E-state index contributed by atoms with van der Waals surface area (Å²) in [6, 6.07) is 10.5. The number of benzene rings is 2. The minimum Gasteiger partial charge on any atom is -0.423 e. The second-order valence-electron chi connectivity index (χ2n) is 17.2. The average molecular weight is 972 g/mol. The Morgan fingerprint density at radius 2 is 1.42 bits per heavy atom. The van der Waals surface area contributed by atoms with Gasteiger partial charge in [-0.1, -0.05) is 44.0 Å². The van der Waals surface area contributed by atoms with E-state index in [1.807, 2.05) is 0 Å². The molecule has 19 nitrogen and oxygen atoms in total. The molecule has 0 saturated carbocycles. The van der Waals surface area contributed by atoms with E-state index in [1.165, 1.54) is 23.1 Å². The standard InChI is InChI=1S/C23H33BClN5O5Si.C17H17BClN5O4.ClH/c1-23(2,3)36(4,5)35-12-15-8-16(9-18(25)20(15)24(32)33)28-22-17(21(27)31)11-30(29-22)19-13-34-7-6-14(19)10-26;19-13-4-11(3-10-7-28-18(26)15(10)13)22-17-12(16(21)25)6-24(23-17)14-8-27-2-1-9(14)5-20;/h8-9,11,14,19,32-33H,6-7,12-13H2,1-5H3,(H2,27,31)(H,28,29);3-4,6,9,14,26H,1-2,7-8H2,(H2,21,25)(H,22,23);1H/t14-,19?;9-,14?;/m11./s1. The maximum Gasteiger partial charge on any atom is 0.493 e. The van der Waals surface area contributed by atoms with Crippen LogP contribution in [0.25, 0.3) is 0 Å². The molecule has 5 heterocycles. The van der Waals surface area contributed by atoms with Gasteiger partial charge in [-0.2, -0.15) is 20.7 Å². The molecule has 3 aliphatic heterocycles. The SMILES string of the molecule is CC(C)(C)[Si](C)(C)OCc1cc(Nc2nn(C3COCC[C@@H]3C#N)cc2C(N)=O)cc(Cl)c1B(O)O.Cl.N#C[C@H]1CCOCC1n1cc(C(N)=O)c(Nc2cc(Cl)c3c(c2)COB3O)n1. The van der Waals surface area contributed by atoms with E-state index in [4.69, 9.17) is 53.2 Å². The van der Waals surface area contributed by atoms with Gasteiger partial charge in [-0.15, -0.1) is 12.4 Å². The summed E-state index contributed by atoms with van der Waals surface area (Å²) in [5.41, 5.74) is 14.4. The highest BCUT2D eigenvalue weighted by Crippen LogP contribution is 2.38. The Morgan fingerprint density at radius 1 is 0.923 bits per heavy atom. The van der Waals surface area contributed by atoms with Gasteiger partial charge in [-0.3, -0.25) is 19.0 Å². The van der Waals surface area contributed by atoms with E-state index in [0.29, 0.717) is 66.7 Å². The van der Waals surface area contributed by atoms with Crippen molar-refractivity contribution < 1.29 is 43.2 Å². The quantitative estimate of drug-likeness (QED) is 0.0994. The van der Waals surface area contributed by atoms with Crippen LogP contribution >= 0.6 is 35.6 Å². The number of ether oxygens (including phenoxy) is 2. The molecule has 9 N–H and O–H groups in total. The smallest absolute Gasteiger partial charge is 0.423 e. The Kier molecular flexibility index (Phi) is 16.8. The Balaban J connectivity index is 0.000000247. The van der Waals surface area contributed by atoms with Crippen LogP contribution in [0.3, 0.4) is 0 Å². The molecule has 4 atom stereocenters. The Hall–Kier alpha value is -4.68. The van der Waals surface area contributed by atoms with Crippen molar-refractivity contribution in [1.82, 2.24) is 19.6 Å². The van der Waals surface area contributed by atoms with Crippen LogP contribution in [0.1, 0.15) is 77.5 Å². The first kappa shape index (κ1) is 51.3. The fourth-order valence-electron chi connectivity index (χ4n) is 7.24. The molecular weight excluding hydrogens is 921 g/mol. The Labute approximate surface area is 394 Å². The summed E-state index contributed by atoms with van der Waals surface area (Å²) in [7, 11) is -4.99. The molecule has 25 heteroatoms. The van der Waals surface area contributed by atoms with Gasteiger partial charge in [-0.05, 0) is 66.4 Å².